The Kier molecular flexibility index (Phi) is 3.14. The molecule has 0 aliphatic heterocycles. The van der Waals surface area contributed by atoms with Crippen molar-refractivity contribution in [3.8, 4) is 5.75 Å². The van der Waals surface area contributed by atoms with Crippen LogP contribution in [0, 0.1) is 5.41 Å². The lowest BCUT2D eigenvalue weighted by Crippen LogP contribution is -2.55. The lowest BCUT2D eigenvalue weighted by Gasteiger charge is -2.50. The summed E-state index contributed by atoms with van der Waals surface area (Å²) in [5.41, 5.74) is 1.07. The molecule has 1 heterocycles. The Morgan fingerprint density at radius 1 is 1.42 bits per heavy atom. The maximum Gasteiger partial charge on any atom is 0.138 e. The van der Waals surface area contributed by atoms with E-state index in [1.807, 2.05) is 18.2 Å². The third-order valence-corrected chi connectivity index (χ3v) is 5.15. The van der Waals surface area contributed by atoms with Gasteiger partial charge in [0.2, 0.25) is 0 Å². The van der Waals surface area contributed by atoms with Crippen molar-refractivity contribution in [1.82, 2.24) is 4.98 Å². The summed E-state index contributed by atoms with van der Waals surface area (Å²) in [7, 11) is 0. The third-order valence-electron chi connectivity index (χ3n) is 4.48. The smallest absolute Gasteiger partial charge is 0.138 e. The molecule has 1 aromatic heterocycles. The van der Waals surface area contributed by atoms with Crippen LogP contribution in [0.4, 0.5) is 0 Å². The van der Waals surface area contributed by atoms with Gasteiger partial charge in [-0.1, -0.05) is 32.0 Å². The van der Waals surface area contributed by atoms with Gasteiger partial charge < -0.3 is 4.74 Å². The van der Waals surface area contributed by atoms with Crippen molar-refractivity contribution in [2.75, 3.05) is 0 Å². The van der Waals surface area contributed by atoms with Crippen molar-refractivity contribution in [2.24, 2.45) is 5.41 Å². The molecule has 3 rings (SSSR count). The number of aromatic nitrogens is 1. The average molecular weight is 276 g/mol. The molecular formula is C16H18ClNO. The molecule has 100 valence electrons. The highest BCUT2D eigenvalue weighted by Crippen LogP contribution is 2.49. The summed E-state index contributed by atoms with van der Waals surface area (Å²) in [4.78, 5) is 4.43. The molecule has 0 radical (unpaired) electrons. The van der Waals surface area contributed by atoms with Gasteiger partial charge in [0.1, 0.15) is 11.9 Å². The van der Waals surface area contributed by atoms with Crippen molar-refractivity contribution < 1.29 is 4.74 Å². The standard InChI is InChI=1S/C16H18ClNO/c1-3-16(2)14(17)9-15(16)19-12-8-11-6-4-5-7-13(11)18-10-12/h4-8,10,14-15H,3,9H2,1-2H3. The van der Waals surface area contributed by atoms with Crippen LogP contribution in [0.2, 0.25) is 0 Å². The quantitative estimate of drug-likeness (QED) is 0.774. The van der Waals surface area contributed by atoms with Gasteiger partial charge in [-0.05, 0) is 18.6 Å². The zero-order valence-electron chi connectivity index (χ0n) is 11.3. The summed E-state index contributed by atoms with van der Waals surface area (Å²) in [6.45, 7) is 4.37. The van der Waals surface area contributed by atoms with E-state index in [-0.39, 0.29) is 16.9 Å². The molecule has 1 aliphatic rings. The van der Waals surface area contributed by atoms with E-state index >= 15 is 0 Å². The minimum Gasteiger partial charge on any atom is -0.488 e. The van der Waals surface area contributed by atoms with E-state index in [4.69, 9.17) is 16.3 Å². The minimum atomic E-state index is 0.0766. The molecule has 0 bridgehead atoms. The monoisotopic (exact) mass is 275 g/mol. The zero-order valence-corrected chi connectivity index (χ0v) is 12.0. The van der Waals surface area contributed by atoms with Gasteiger partial charge in [0.05, 0.1) is 11.7 Å². The van der Waals surface area contributed by atoms with E-state index in [1.165, 1.54) is 0 Å². The summed E-state index contributed by atoms with van der Waals surface area (Å²) in [6.07, 6.45) is 3.95. The van der Waals surface area contributed by atoms with E-state index < -0.39 is 0 Å². The first kappa shape index (κ1) is 12.7. The fraction of sp³-hybridized carbons (Fsp3) is 0.438. The molecule has 3 unspecified atom stereocenters. The molecule has 3 heteroatoms. The summed E-state index contributed by atoms with van der Waals surface area (Å²) < 4.78 is 6.09. The van der Waals surface area contributed by atoms with Gasteiger partial charge in [-0.25, -0.2) is 0 Å². The van der Waals surface area contributed by atoms with Crippen LogP contribution in [0.1, 0.15) is 26.7 Å². The second-order valence-corrected chi connectivity index (χ2v) is 6.06. The number of ether oxygens (including phenoxy) is 1. The lowest BCUT2D eigenvalue weighted by atomic mass is 9.65. The minimum absolute atomic E-state index is 0.0766. The van der Waals surface area contributed by atoms with E-state index in [0.717, 1.165) is 29.5 Å². The molecule has 1 saturated carbocycles. The number of nitrogens with zero attached hydrogens (tertiary/aromatic N) is 1. The maximum atomic E-state index is 6.32. The van der Waals surface area contributed by atoms with Gasteiger partial charge in [0.15, 0.2) is 0 Å². The van der Waals surface area contributed by atoms with Crippen LogP contribution in [-0.4, -0.2) is 16.5 Å². The van der Waals surface area contributed by atoms with Crippen LogP contribution < -0.4 is 4.74 Å². The van der Waals surface area contributed by atoms with Crippen LogP contribution in [0.15, 0.2) is 36.5 Å². The molecule has 0 amide bonds. The topological polar surface area (TPSA) is 22.1 Å². The summed E-state index contributed by atoms with van der Waals surface area (Å²) in [5.74, 6) is 0.840. The highest BCUT2D eigenvalue weighted by atomic mass is 35.5. The molecule has 1 fully saturated rings. The third kappa shape index (κ3) is 2.08. The largest absolute Gasteiger partial charge is 0.488 e. The average Bonchev–Trinajstić information content (AvgIpc) is 2.46. The second kappa shape index (κ2) is 4.68. The molecule has 0 spiro atoms. The molecular weight excluding hydrogens is 258 g/mol. The van der Waals surface area contributed by atoms with Gasteiger partial charge in [-0.3, -0.25) is 4.98 Å². The molecule has 2 aromatic rings. The van der Waals surface area contributed by atoms with Crippen molar-refractivity contribution in [1.29, 1.82) is 0 Å². The predicted molar refractivity (Wildman–Crippen MR) is 78.8 cm³/mol. The number of halogens is 1. The number of fused-ring (bicyclic) bond motifs is 1. The Hall–Kier alpha value is -1.28. The summed E-state index contributed by atoms with van der Waals surface area (Å²) >= 11 is 6.32. The number of hydrogen-bond donors (Lipinski definition) is 0. The normalized spacial score (nSPS) is 30.1. The highest BCUT2D eigenvalue weighted by molar-refractivity contribution is 6.21. The summed E-state index contributed by atoms with van der Waals surface area (Å²) in [5, 5.41) is 1.33. The van der Waals surface area contributed by atoms with Gasteiger partial charge in [-0.2, -0.15) is 0 Å². The Labute approximate surface area is 118 Å². The van der Waals surface area contributed by atoms with Crippen LogP contribution in [0.5, 0.6) is 5.75 Å². The predicted octanol–water partition coefficient (Wildman–Crippen LogP) is 4.41. The fourth-order valence-electron chi connectivity index (χ4n) is 2.68. The molecule has 0 N–H and O–H groups in total. The van der Waals surface area contributed by atoms with Crippen molar-refractivity contribution in [3.05, 3.63) is 36.5 Å². The van der Waals surface area contributed by atoms with Gasteiger partial charge in [-0.15, -0.1) is 11.6 Å². The number of hydrogen-bond acceptors (Lipinski definition) is 2. The van der Waals surface area contributed by atoms with Gasteiger partial charge in [0, 0.05) is 22.6 Å². The molecule has 3 atom stereocenters. The number of alkyl halides is 1. The Balaban J connectivity index is 1.82. The van der Waals surface area contributed by atoms with Crippen LogP contribution in [0.25, 0.3) is 10.9 Å². The Bertz CT molecular complexity index is 600. The SMILES string of the molecule is CCC1(C)C(Cl)CC1Oc1cnc2ccccc2c1. The highest BCUT2D eigenvalue weighted by Gasteiger charge is 2.51. The van der Waals surface area contributed by atoms with Crippen LogP contribution in [-0.2, 0) is 0 Å². The molecule has 2 nitrogen and oxygen atoms in total. The van der Waals surface area contributed by atoms with E-state index in [1.54, 1.807) is 6.20 Å². The molecule has 1 aliphatic carbocycles. The Morgan fingerprint density at radius 2 is 2.21 bits per heavy atom. The molecule has 19 heavy (non-hydrogen) atoms. The van der Waals surface area contributed by atoms with E-state index in [0.29, 0.717) is 0 Å². The van der Waals surface area contributed by atoms with E-state index in [2.05, 4.69) is 31.0 Å². The summed E-state index contributed by atoms with van der Waals surface area (Å²) in [6, 6.07) is 10.1. The Morgan fingerprint density at radius 3 is 2.95 bits per heavy atom. The van der Waals surface area contributed by atoms with Gasteiger partial charge in [0.25, 0.3) is 0 Å². The first-order valence-corrected chi connectivity index (χ1v) is 7.22. The fourth-order valence-corrected chi connectivity index (χ4v) is 3.14. The lowest BCUT2D eigenvalue weighted by molar-refractivity contribution is -0.0295. The number of rotatable bonds is 3. The van der Waals surface area contributed by atoms with Gasteiger partial charge >= 0.3 is 0 Å². The number of pyridine rings is 1. The van der Waals surface area contributed by atoms with Crippen molar-refractivity contribution in [3.63, 3.8) is 0 Å². The van der Waals surface area contributed by atoms with Crippen molar-refractivity contribution in [2.45, 2.75) is 38.2 Å². The van der Waals surface area contributed by atoms with Crippen LogP contribution >= 0.6 is 11.6 Å². The second-order valence-electron chi connectivity index (χ2n) is 5.53. The molecule has 0 saturated heterocycles. The van der Waals surface area contributed by atoms with Crippen LogP contribution in [0.3, 0.4) is 0 Å². The first-order chi connectivity index (χ1) is 9.13. The first-order valence-electron chi connectivity index (χ1n) is 6.79. The molecule has 1 aromatic carbocycles. The number of para-hydroxylation sites is 1. The maximum absolute atomic E-state index is 6.32. The zero-order chi connectivity index (χ0) is 13.5. The van der Waals surface area contributed by atoms with E-state index in [9.17, 15) is 0 Å². The van der Waals surface area contributed by atoms with Crippen molar-refractivity contribution >= 4 is 22.5 Å². The number of benzene rings is 1.